The Bertz CT molecular complexity index is 518. The van der Waals surface area contributed by atoms with E-state index in [1.165, 1.54) is 11.8 Å². The van der Waals surface area contributed by atoms with Crippen molar-refractivity contribution in [1.29, 1.82) is 0 Å². The topological polar surface area (TPSA) is 69.9 Å². The second-order valence-corrected chi connectivity index (χ2v) is 4.82. The van der Waals surface area contributed by atoms with E-state index in [1.54, 1.807) is 6.26 Å². The highest BCUT2D eigenvalue weighted by molar-refractivity contribution is 7.99. The van der Waals surface area contributed by atoms with Crippen LogP contribution in [0.5, 0.6) is 0 Å². The van der Waals surface area contributed by atoms with Gasteiger partial charge in [0, 0.05) is 6.54 Å². The van der Waals surface area contributed by atoms with Crippen LogP contribution < -0.4 is 5.73 Å². The van der Waals surface area contributed by atoms with Gasteiger partial charge in [0.1, 0.15) is 11.3 Å². The van der Waals surface area contributed by atoms with Crippen molar-refractivity contribution in [2.45, 2.75) is 44.0 Å². The molecule has 92 valence electrons. The summed E-state index contributed by atoms with van der Waals surface area (Å²) in [7, 11) is 0. The highest BCUT2D eigenvalue weighted by atomic mass is 32.2. The Kier molecular flexibility index (Phi) is 3.42. The molecule has 0 saturated carbocycles. The minimum atomic E-state index is 0.603. The third-order valence-electron chi connectivity index (χ3n) is 2.34. The molecule has 2 aromatic rings. The second kappa shape index (κ2) is 4.83. The average Bonchev–Trinajstić information content (AvgIpc) is 2.79. The Morgan fingerprint density at radius 1 is 1.47 bits per heavy atom. The summed E-state index contributed by atoms with van der Waals surface area (Å²) in [6.07, 6.45) is 2.64. The van der Waals surface area contributed by atoms with Gasteiger partial charge in [0.2, 0.25) is 0 Å². The van der Waals surface area contributed by atoms with Gasteiger partial charge in [0.15, 0.2) is 0 Å². The normalized spacial score (nSPS) is 11.0. The number of nitrogens with zero attached hydrogens (tertiary/aromatic N) is 3. The quantitative estimate of drug-likeness (QED) is 0.905. The van der Waals surface area contributed by atoms with Crippen LogP contribution in [0.3, 0.4) is 0 Å². The number of hydrogen-bond donors (Lipinski definition) is 1. The molecule has 17 heavy (non-hydrogen) atoms. The van der Waals surface area contributed by atoms with Crippen molar-refractivity contribution >= 4 is 17.4 Å². The maximum absolute atomic E-state index is 6.01. The Morgan fingerprint density at radius 3 is 2.82 bits per heavy atom. The highest BCUT2D eigenvalue weighted by Gasteiger charge is 2.15. The maximum Gasteiger partial charge on any atom is 0.262 e. The number of hydrogen-bond acceptors (Lipinski definition) is 5. The number of nitrogens with two attached hydrogens (primary N) is 1. The van der Waals surface area contributed by atoms with E-state index in [2.05, 4.69) is 17.0 Å². The average molecular weight is 252 g/mol. The summed E-state index contributed by atoms with van der Waals surface area (Å²) in [5, 5.41) is 5.92. The van der Waals surface area contributed by atoms with Gasteiger partial charge in [0.05, 0.1) is 17.1 Å². The molecule has 0 radical (unpaired) electrons. The largest absolute Gasteiger partial charge is 0.439 e. The number of oxazole rings is 1. The summed E-state index contributed by atoms with van der Waals surface area (Å²) in [6, 6.07) is 0. The standard InChI is InChI=1S/C11H16N4OS/c1-4-5-15-10(9(12)8(3)14-15)17-11-13-7(2)6-16-11/h6H,4-5,12H2,1-3H3. The van der Waals surface area contributed by atoms with Gasteiger partial charge < -0.3 is 10.2 Å². The van der Waals surface area contributed by atoms with Gasteiger partial charge in [-0.05, 0) is 32.0 Å². The van der Waals surface area contributed by atoms with E-state index in [0.29, 0.717) is 10.9 Å². The Balaban J connectivity index is 2.30. The van der Waals surface area contributed by atoms with Crippen LogP contribution in [0.1, 0.15) is 24.7 Å². The molecule has 5 nitrogen and oxygen atoms in total. The lowest BCUT2D eigenvalue weighted by Crippen LogP contribution is -2.01. The summed E-state index contributed by atoms with van der Waals surface area (Å²) in [5.74, 6) is 0. The van der Waals surface area contributed by atoms with Gasteiger partial charge >= 0.3 is 0 Å². The summed E-state index contributed by atoms with van der Waals surface area (Å²) >= 11 is 1.42. The molecule has 0 bridgehead atoms. The Labute approximate surface area is 104 Å². The van der Waals surface area contributed by atoms with Gasteiger partial charge in [-0.25, -0.2) is 4.98 Å². The first-order chi connectivity index (χ1) is 8.11. The molecule has 0 amide bonds. The number of aryl methyl sites for hydroxylation is 3. The van der Waals surface area contributed by atoms with Crippen LogP contribution in [0.25, 0.3) is 0 Å². The molecule has 0 aliphatic rings. The Morgan fingerprint density at radius 2 is 2.24 bits per heavy atom. The molecular formula is C11H16N4OS. The molecule has 0 saturated heterocycles. The molecule has 0 aliphatic heterocycles. The SMILES string of the molecule is CCCn1nc(C)c(N)c1Sc1nc(C)co1. The van der Waals surface area contributed by atoms with Crippen molar-refractivity contribution in [3.05, 3.63) is 17.7 Å². The molecule has 2 aromatic heterocycles. The highest BCUT2D eigenvalue weighted by Crippen LogP contribution is 2.33. The molecule has 0 atom stereocenters. The molecule has 2 rings (SSSR count). The van der Waals surface area contributed by atoms with E-state index in [0.717, 1.165) is 29.4 Å². The summed E-state index contributed by atoms with van der Waals surface area (Å²) in [6.45, 7) is 6.76. The van der Waals surface area contributed by atoms with E-state index in [-0.39, 0.29) is 0 Å². The van der Waals surface area contributed by atoms with Crippen molar-refractivity contribution in [2.75, 3.05) is 5.73 Å². The first-order valence-electron chi connectivity index (χ1n) is 5.54. The predicted molar refractivity (Wildman–Crippen MR) is 67.0 cm³/mol. The predicted octanol–water partition coefficient (Wildman–Crippen LogP) is 2.63. The van der Waals surface area contributed by atoms with E-state index in [1.807, 2.05) is 18.5 Å². The van der Waals surface area contributed by atoms with E-state index < -0.39 is 0 Å². The molecule has 0 aliphatic carbocycles. The van der Waals surface area contributed by atoms with E-state index >= 15 is 0 Å². The fourth-order valence-corrected chi connectivity index (χ4v) is 2.45. The first-order valence-corrected chi connectivity index (χ1v) is 6.36. The third-order valence-corrected chi connectivity index (χ3v) is 3.33. The number of aromatic nitrogens is 3. The third kappa shape index (κ3) is 2.46. The minimum Gasteiger partial charge on any atom is -0.439 e. The van der Waals surface area contributed by atoms with Crippen LogP contribution in [0, 0.1) is 13.8 Å². The van der Waals surface area contributed by atoms with Crippen molar-refractivity contribution in [2.24, 2.45) is 0 Å². The molecule has 2 N–H and O–H groups in total. The zero-order chi connectivity index (χ0) is 12.4. The molecule has 0 unspecified atom stereocenters. The van der Waals surface area contributed by atoms with E-state index in [9.17, 15) is 0 Å². The zero-order valence-electron chi connectivity index (χ0n) is 10.2. The summed E-state index contributed by atoms with van der Waals surface area (Å²) in [4.78, 5) is 4.26. The van der Waals surface area contributed by atoms with Crippen molar-refractivity contribution in [1.82, 2.24) is 14.8 Å². The maximum atomic E-state index is 6.01. The first kappa shape index (κ1) is 12.0. The molecule has 0 spiro atoms. The zero-order valence-corrected chi connectivity index (χ0v) is 11.0. The van der Waals surface area contributed by atoms with Crippen molar-refractivity contribution in [3.8, 4) is 0 Å². The number of rotatable bonds is 4. The molecule has 6 heteroatoms. The van der Waals surface area contributed by atoms with Gasteiger partial charge in [0.25, 0.3) is 5.22 Å². The van der Waals surface area contributed by atoms with Crippen LogP contribution in [0.2, 0.25) is 0 Å². The van der Waals surface area contributed by atoms with Crippen LogP contribution >= 0.6 is 11.8 Å². The fraction of sp³-hybridized carbons (Fsp3) is 0.455. The molecular weight excluding hydrogens is 236 g/mol. The van der Waals surface area contributed by atoms with Gasteiger partial charge in [-0.3, -0.25) is 4.68 Å². The molecule has 0 aromatic carbocycles. The Hall–Kier alpha value is -1.43. The number of anilines is 1. The van der Waals surface area contributed by atoms with Gasteiger partial charge in [-0.1, -0.05) is 6.92 Å². The summed E-state index contributed by atoms with van der Waals surface area (Å²) < 4.78 is 7.23. The van der Waals surface area contributed by atoms with Crippen LogP contribution in [-0.4, -0.2) is 14.8 Å². The monoisotopic (exact) mass is 252 g/mol. The lowest BCUT2D eigenvalue weighted by atomic mass is 10.4. The van der Waals surface area contributed by atoms with Gasteiger partial charge in [-0.15, -0.1) is 0 Å². The lowest BCUT2D eigenvalue weighted by molar-refractivity contribution is 0.452. The number of nitrogen functional groups attached to an aromatic ring is 1. The molecule has 2 heterocycles. The smallest absolute Gasteiger partial charge is 0.262 e. The summed E-state index contributed by atoms with van der Waals surface area (Å²) in [5.41, 5.74) is 8.44. The van der Waals surface area contributed by atoms with Crippen molar-refractivity contribution < 1.29 is 4.42 Å². The van der Waals surface area contributed by atoms with Crippen LogP contribution in [-0.2, 0) is 6.54 Å². The van der Waals surface area contributed by atoms with Crippen molar-refractivity contribution in [3.63, 3.8) is 0 Å². The minimum absolute atomic E-state index is 0.603. The lowest BCUT2D eigenvalue weighted by Gasteiger charge is -2.03. The second-order valence-electron chi connectivity index (χ2n) is 3.88. The molecule has 0 fully saturated rings. The van der Waals surface area contributed by atoms with Crippen LogP contribution in [0.4, 0.5) is 5.69 Å². The van der Waals surface area contributed by atoms with Crippen LogP contribution in [0.15, 0.2) is 20.9 Å². The van der Waals surface area contributed by atoms with Gasteiger partial charge in [-0.2, -0.15) is 5.10 Å². The van der Waals surface area contributed by atoms with E-state index in [4.69, 9.17) is 10.2 Å². The fourth-order valence-electron chi connectivity index (χ4n) is 1.51.